The lowest BCUT2D eigenvalue weighted by Crippen LogP contribution is -2.41. The molecule has 0 saturated carbocycles. The van der Waals surface area contributed by atoms with E-state index in [2.05, 4.69) is 9.36 Å². The Morgan fingerprint density at radius 1 is 1.16 bits per heavy atom. The fraction of sp³-hybridized carbons (Fsp3) is 0.300. The van der Waals surface area contributed by atoms with Gasteiger partial charge in [-0.15, -0.1) is 0 Å². The maximum absolute atomic E-state index is 14.8. The van der Waals surface area contributed by atoms with Gasteiger partial charge in [-0.25, -0.2) is 31.0 Å². The summed E-state index contributed by atoms with van der Waals surface area (Å²) in [6.07, 6.45) is 0.270. The van der Waals surface area contributed by atoms with Crippen molar-refractivity contribution in [3.8, 4) is 0 Å². The summed E-state index contributed by atoms with van der Waals surface area (Å²) in [5.74, 6) is -4.97. The zero-order valence-electron chi connectivity index (χ0n) is 16.5. The summed E-state index contributed by atoms with van der Waals surface area (Å²) in [6, 6.07) is 9.33. The standard InChI is InChI=1S/C20H18F4N4O2S2/c21-15-9-18(32(29,30)27-19-25-12-26-31-19)16(22)8-14(15)11-28-7-6-20(23,24)10-17(28)13-4-2-1-3-5-13/h1-5,8-9,12,17H,6-7,10-11H2,(H,25,26,27). The van der Waals surface area contributed by atoms with Crippen molar-refractivity contribution in [2.75, 3.05) is 11.3 Å². The number of piperidine rings is 1. The van der Waals surface area contributed by atoms with E-state index in [4.69, 9.17) is 0 Å². The monoisotopic (exact) mass is 486 g/mol. The van der Waals surface area contributed by atoms with Crippen molar-refractivity contribution < 1.29 is 26.0 Å². The number of hydrogen-bond acceptors (Lipinski definition) is 6. The van der Waals surface area contributed by atoms with Gasteiger partial charge in [0.1, 0.15) is 22.9 Å². The van der Waals surface area contributed by atoms with Gasteiger partial charge < -0.3 is 0 Å². The molecule has 12 heteroatoms. The molecule has 2 heterocycles. The van der Waals surface area contributed by atoms with Gasteiger partial charge in [0, 0.05) is 49.1 Å². The van der Waals surface area contributed by atoms with Crippen LogP contribution < -0.4 is 4.72 Å². The highest BCUT2D eigenvalue weighted by atomic mass is 32.2. The quantitative estimate of drug-likeness (QED) is 0.516. The third-order valence-electron chi connectivity index (χ3n) is 5.23. The Balaban J connectivity index is 1.60. The van der Waals surface area contributed by atoms with Crippen LogP contribution in [0.3, 0.4) is 0 Å². The van der Waals surface area contributed by atoms with E-state index < -0.39 is 51.4 Å². The van der Waals surface area contributed by atoms with Gasteiger partial charge in [-0.1, -0.05) is 30.3 Å². The van der Waals surface area contributed by atoms with Gasteiger partial charge in [0.15, 0.2) is 0 Å². The summed E-state index contributed by atoms with van der Waals surface area (Å²) in [4.78, 5) is 4.43. The minimum absolute atomic E-state index is 0.0216. The Morgan fingerprint density at radius 3 is 2.59 bits per heavy atom. The van der Waals surface area contributed by atoms with Gasteiger partial charge in [-0.2, -0.15) is 4.37 Å². The van der Waals surface area contributed by atoms with Crippen molar-refractivity contribution in [1.82, 2.24) is 14.3 Å². The molecule has 1 saturated heterocycles. The molecule has 0 aliphatic carbocycles. The lowest BCUT2D eigenvalue weighted by atomic mass is 9.92. The van der Waals surface area contributed by atoms with Crippen molar-refractivity contribution in [3.05, 3.63) is 71.6 Å². The Kier molecular flexibility index (Phi) is 6.19. The van der Waals surface area contributed by atoms with Crippen molar-refractivity contribution in [2.45, 2.75) is 36.2 Å². The predicted molar refractivity (Wildman–Crippen MR) is 111 cm³/mol. The highest BCUT2D eigenvalue weighted by molar-refractivity contribution is 7.93. The smallest absolute Gasteiger partial charge is 0.266 e. The third-order valence-corrected chi connectivity index (χ3v) is 7.29. The number of likely N-dealkylation sites (tertiary alicyclic amines) is 1. The minimum atomic E-state index is -4.43. The summed E-state index contributed by atoms with van der Waals surface area (Å²) in [6.45, 7) is -0.172. The molecular weight excluding hydrogens is 468 g/mol. The molecule has 1 N–H and O–H groups in total. The normalized spacial score (nSPS) is 19.1. The van der Waals surface area contributed by atoms with E-state index in [9.17, 15) is 26.0 Å². The SMILES string of the molecule is O=S(=O)(Nc1ncns1)c1cc(F)c(CN2CCC(F)(F)CC2c2ccccc2)cc1F. The largest absolute Gasteiger partial charge is 0.292 e. The van der Waals surface area contributed by atoms with Crippen LogP contribution in [0.4, 0.5) is 22.7 Å². The first-order chi connectivity index (χ1) is 15.1. The Morgan fingerprint density at radius 2 is 1.91 bits per heavy atom. The van der Waals surface area contributed by atoms with E-state index >= 15 is 0 Å². The fourth-order valence-corrected chi connectivity index (χ4v) is 5.41. The lowest BCUT2D eigenvalue weighted by molar-refractivity contribution is -0.0816. The van der Waals surface area contributed by atoms with Crippen molar-refractivity contribution in [2.24, 2.45) is 0 Å². The molecule has 170 valence electrons. The second kappa shape index (κ2) is 8.75. The minimum Gasteiger partial charge on any atom is -0.292 e. The second-order valence-electron chi connectivity index (χ2n) is 7.43. The Bertz CT molecular complexity index is 1190. The molecule has 1 aliphatic rings. The van der Waals surface area contributed by atoms with E-state index in [1.807, 2.05) is 4.72 Å². The maximum Gasteiger partial charge on any atom is 0.266 e. The summed E-state index contributed by atoms with van der Waals surface area (Å²) < 4.78 is 88.2. The molecular formula is C20H18F4N4O2S2. The lowest BCUT2D eigenvalue weighted by Gasteiger charge is -2.39. The molecule has 0 bridgehead atoms. The highest BCUT2D eigenvalue weighted by Gasteiger charge is 2.41. The Labute approximate surface area is 186 Å². The van der Waals surface area contributed by atoms with E-state index in [1.54, 1.807) is 35.2 Å². The summed E-state index contributed by atoms with van der Waals surface area (Å²) >= 11 is 0.743. The summed E-state index contributed by atoms with van der Waals surface area (Å²) in [5, 5.41) is -0.0890. The molecule has 4 rings (SSSR count). The molecule has 1 fully saturated rings. The molecule has 1 atom stereocenters. The first-order valence-electron chi connectivity index (χ1n) is 9.59. The molecule has 6 nitrogen and oxygen atoms in total. The van der Waals surface area contributed by atoms with Crippen molar-refractivity contribution >= 4 is 26.7 Å². The number of halogens is 4. The van der Waals surface area contributed by atoms with Crippen LogP contribution in [0.1, 0.15) is 30.0 Å². The average Bonchev–Trinajstić information content (AvgIpc) is 3.24. The topological polar surface area (TPSA) is 75.2 Å². The predicted octanol–water partition coefficient (Wildman–Crippen LogP) is 4.59. The molecule has 0 spiro atoms. The summed E-state index contributed by atoms with van der Waals surface area (Å²) in [7, 11) is -4.43. The highest BCUT2D eigenvalue weighted by Crippen LogP contribution is 2.40. The number of anilines is 1. The zero-order valence-corrected chi connectivity index (χ0v) is 18.1. The van der Waals surface area contributed by atoms with Crippen LogP contribution >= 0.6 is 11.5 Å². The molecule has 1 aromatic heterocycles. The third kappa shape index (κ3) is 4.92. The average molecular weight is 487 g/mol. The van der Waals surface area contributed by atoms with Crippen LogP contribution in [-0.4, -0.2) is 35.1 Å². The van der Waals surface area contributed by atoms with Gasteiger partial charge >= 0.3 is 0 Å². The van der Waals surface area contributed by atoms with E-state index in [-0.39, 0.29) is 23.8 Å². The van der Waals surface area contributed by atoms with Gasteiger partial charge in [-0.3, -0.25) is 9.62 Å². The Hall–Kier alpha value is -2.57. The van der Waals surface area contributed by atoms with Crippen LogP contribution in [0.15, 0.2) is 53.7 Å². The second-order valence-corrected chi connectivity index (χ2v) is 9.86. The molecule has 1 unspecified atom stereocenters. The number of rotatable bonds is 6. The van der Waals surface area contributed by atoms with E-state index in [0.717, 1.165) is 23.9 Å². The number of nitrogens with zero attached hydrogens (tertiary/aromatic N) is 3. The van der Waals surface area contributed by atoms with Crippen LogP contribution in [-0.2, 0) is 16.6 Å². The first-order valence-corrected chi connectivity index (χ1v) is 11.8. The summed E-state index contributed by atoms with van der Waals surface area (Å²) in [5.41, 5.74) is 0.525. The first kappa shape index (κ1) is 22.6. The van der Waals surface area contributed by atoms with Crippen molar-refractivity contribution in [3.63, 3.8) is 0 Å². The van der Waals surface area contributed by atoms with Crippen LogP contribution in [0.2, 0.25) is 0 Å². The van der Waals surface area contributed by atoms with Gasteiger partial charge in [0.25, 0.3) is 15.9 Å². The molecule has 0 amide bonds. The van der Waals surface area contributed by atoms with E-state index in [1.165, 1.54) is 0 Å². The van der Waals surface area contributed by atoms with Gasteiger partial charge in [0.05, 0.1) is 0 Å². The number of nitrogens with one attached hydrogen (secondary N) is 1. The van der Waals surface area contributed by atoms with Crippen molar-refractivity contribution in [1.29, 1.82) is 0 Å². The molecule has 1 aliphatic heterocycles. The number of aromatic nitrogens is 2. The van der Waals surface area contributed by atoms with Crippen LogP contribution in [0.25, 0.3) is 0 Å². The zero-order chi connectivity index (χ0) is 22.9. The number of benzene rings is 2. The molecule has 2 aromatic carbocycles. The molecule has 3 aromatic rings. The van der Waals surface area contributed by atoms with Gasteiger partial charge in [-0.05, 0) is 17.7 Å². The fourth-order valence-electron chi connectivity index (χ4n) is 3.67. The van der Waals surface area contributed by atoms with Crippen LogP contribution in [0.5, 0.6) is 0 Å². The molecule has 0 radical (unpaired) electrons. The number of hydrogen-bond donors (Lipinski definition) is 1. The molecule has 32 heavy (non-hydrogen) atoms. The number of alkyl halides is 2. The van der Waals surface area contributed by atoms with Crippen LogP contribution in [0, 0.1) is 11.6 Å². The maximum atomic E-state index is 14.8. The van der Waals surface area contributed by atoms with Gasteiger partial charge in [0.2, 0.25) is 5.13 Å². The number of sulfonamides is 1. The van der Waals surface area contributed by atoms with E-state index in [0.29, 0.717) is 11.6 Å².